The van der Waals surface area contributed by atoms with Crippen LogP contribution in [0.2, 0.25) is 0 Å². The molecule has 1 N–H and O–H groups in total. The van der Waals surface area contributed by atoms with Crippen LogP contribution < -0.4 is 4.74 Å². The van der Waals surface area contributed by atoms with E-state index in [0.29, 0.717) is 13.1 Å². The molecule has 2 rings (SSSR count). The van der Waals surface area contributed by atoms with Crippen LogP contribution in [0.4, 0.5) is 4.39 Å². The lowest BCUT2D eigenvalue weighted by atomic mass is 10.2. The topological polar surface area (TPSA) is 32.7 Å². The molecule has 0 aliphatic rings. The number of nitrogens with zero attached hydrogens (tertiary/aromatic N) is 1. The number of hydrogen-bond acceptors (Lipinski definition) is 3. The Balaban J connectivity index is 1.84. The first kappa shape index (κ1) is 17.4. The molecule has 2 aromatic carbocycles. The molecule has 0 fully saturated rings. The SMILES string of the molecule is CCCN(Cc1ccc(F)cc1)C[C@H](O)COc1ccccc1. The molecule has 0 amide bonds. The molecular weight excluding hydrogens is 293 g/mol. The summed E-state index contributed by atoms with van der Waals surface area (Å²) in [7, 11) is 0. The standard InChI is InChI=1S/C19H24FNO2/c1-2-12-21(13-16-8-10-17(20)11-9-16)14-18(22)15-23-19-6-4-3-5-7-19/h3-11,18,22H,2,12-15H2,1H3/t18-/m0/s1. The van der Waals surface area contributed by atoms with Gasteiger partial charge in [-0.1, -0.05) is 37.3 Å². The normalized spacial score (nSPS) is 12.3. The third kappa shape index (κ3) is 6.38. The Kier molecular flexibility index (Phi) is 7.04. The van der Waals surface area contributed by atoms with Crippen LogP contribution in [0, 0.1) is 5.82 Å². The second-order valence-corrected chi connectivity index (χ2v) is 5.64. The highest BCUT2D eigenvalue weighted by Crippen LogP contribution is 2.11. The van der Waals surface area contributed by atoms with E-state index in [1.807, 2.05) is 30.3 Å². The zero-order chi connectivity index (χ0) is 16.5. The second kappa shape index (κ2) is 9.28. The monoisotopic (exact) mass is 317 g/mol. The molecule has 0 spiro atoms. The van der Waals surface area contributed by atoms with Gasteiger partial charge in [-0.05, 0) is 42.8 Å². The van der Waals surface area contributed by atoms with Gasteiger partial charge in [0.2, 0.25) is 0 Å². The number of aliphatic hydroxyl groups excluding tert-OH is 1. The average Bonchev–Trinajstić information content (AvgIpc) is 2.56. The largest absolute Gasteiger partial charge is 0.491 e. The molecule has 0 saturated carbocycles. The summed E-state index contributed by atoms with van der Waals surface area (Å²) in [6.45, 7) is 4.45. The van der Waals surface area contributed by atoms with E-state index in [4.69, 9.17) is 4.74 Å². The summed E-state index contributed by atoms with van der Waals surface area (Å²) in [6.07, 6.45) is 0.426. The quantitative estimate of drug-likeness (QED) is 0.768. The Morgan fingerprint density at radius 2 is 1.78 bits per heavy atom. The van der Waals surface area contributed by atoms with E-state index in [1.54, 1.807) is 12.1 Å². The zero-order valence-electron chi connectivity index (χ0n) is 13.5. The highest BCUT2D eigenvalue weighted by Gasteiger charge is 2.12. The summed E-state index contributed by atoms with van der Waals surface area (Å²) in [4.78, 5) is 2.16. The highest BCUT2D eigenvalue weighted by atomic mass is 19.1. The van der Waals surface area contributed by atoms with E-state index in [9.17, 15) is 9.50 Å². The lowest BCUT2D eigenvalue weighted by Crippen LogP contribution is -2.35. The van der Waals surface area contributed by atoms with Crippen molar-refractivity contribution in [3.8, 4) is 5.75 Å². The molecule has 23 heavy (non-hydrogen) atoms. The number of rotatable bonds is 9. The van der Waals surface area contributed by atoms with Crippen molar-refractivity contribution < 1.29 is 14.2 Å². The first-order valence-corrected chi connectivity index (χ1v) is 8.00. The van der Waals surface area contributed by atoms with Gasteiger partial charge in [0.15, 0.2) is 0 Å². The molecule has 0 aliphatic carbocycles. The van der Waals surface area contributed by atoms with Crippen molar-refractivity contribution in [3.05, 3.63) is 66.0 Å². The van der Waals surface area contributed by atoms with E-state index in [0.717, 1.165) is 24.3 Å². The number of halogens is 1. The molecule has 3 nitrogen and oxygen atoms in total. The van der Waals surface area contributed by atoms with Crippen molar-refractivity contribution in [2.45, 2.75) is 26.0 Å². The fraction of sp³-hybridized carbons (Fsp3) is 0.368. The summed E-state index contributed by atoms with van der Waals surface area (Å²) >= 11 is 0. The first-order valence-electron chi connectivity index (χ1n) is 8.00. The maximum absolute atomic E-state index is 13.0. The van der Waals surface area contributed by atoms with Crippen LogP contribution in [0.3, 0.4) is 0 Å². The van der Waals surface area contributed by atoms with Gasteiger partial charge < -0.3 is 9.84 Å². The van der Waals surface area contributed by atoms with Crippen LogP contribution in [-0.2, 0) is 6.54 Å². The Morgan fingerprint density at radius 1 is 1.09 bits per heavy atom. The van der Waals surface area contributed by atoms with Crippen LogP contribution in [0.5, 0.6) is 5.75 Å². The van der Waals surface area contributed by atoms with Crippen LogP contribution in [0.1, 0.15) is 18.9 Å². The molecule has 0 aromatic heterocycles. The fourth-order valence-corrected chi connectivity index (χ4v) is 2.46. The number of aliphatic hydroxyl groups is 1. The third-order valence-corrected chi connectivity index (χ3v) is 3.51. The second-order valence-electron chi connectivity index (χ2n) is 5.64. The van der Waals surface area contributed by atoms with Gasteiger partial charge in [-0.15, -0.1) is 0 Å². The molecular formula is C19H24FNO2. The Labute approximate surface area is 137 Å². The van der Waals surface area contributed by atoms with Crippen molar-refractivity contribution >= 4 is 0 Å². The van der Waals surface area contributed by atoms with Crippen LogP contribution >= 0.6 is 0 Å². The van der Waals surface area contributed by atoms with Crippen molar-refractivity contribution in [1.29, 1.82) is 0 Å². The third-order valence-electron chi connectivity index (χ3n) is 3.51. The maximum atomic E-state index is 13.0. The minimum absolute atomic E-state index is 0.230. The van der Waals surface area contributed by atoms with Crippen LogP contribution in [0.15, 0.2) is 54.6 Å². The van der Waals surface area contributed by atoms with Gasteiger partial charge in [0.05, 0.1) is 0 Å². The predicted molar refractivity (Wildman–Crippen MR) is 89.9 cm³/mol. The van der Waals surface area contributed by atoms with E-state index in [-0.39, 0.29) is 12.4 Å². The smallest absolute Gasteiger partial charge is 0.123 e. The number of hydrogen-bond donors (Lipinski definition) is 1. The van der Waals surface area contributed by atoms with Gasteiger partial charge in [0.25, 0.3) is 0 Å². The lowest BCUT2D eigenvalue weighted by molar-refractivity contribution is 0.0656. The molecule has 0 radical (unpaired) electrons. The summed E-state index contributed by atoms with van der Waals surface area (Å²) in [5.74, 6) is 0.527. The highest BCUT2D eigenvalue weighted by molar-refractivity contribution is 5.21. The minimum atomic E-state index is -0.567. The Bertz CT molecular complexity index is 559. The molecule has 0 heterocycles. The summed E-state index contributed by atoms with van der Waals surface area (Å²) in [6, 6.07) is 16.0. The maximum Gasteiger partial charge on any atom is 0.123 e. The zero-order valence-corrected chi connectivity index (χ0v) is 13.5. The van der Waals surface area contributed by atoms with Crippen molar-refractivity contribution in [2.24, 2.45) is 0 Å². The summed E-state index contributed by atoms with van der Waals surface area (Å²) < 4.78 is 18.6. The van der Waals surface area contributed by atoms with E-state index < -0.39 is 6.10 Å². The lowest BCUT2D eigenvalue weighted by Gasteiger charge is -2.24. The Morgan fingerprint density at radius 3 is 2.43 bits per heavy atom. The molecule has 2 aromatic rings. The molecule has 0 bridgehead atoms. The molecule has 0 unspecified atom stereocenters. The van der Waals surface area contributed by atoms with E-state index in [1.165, 1.54) is 12.1 Å². The summed E-state index contributed by atoms with van der Waals surface area (Å²) in [5.41, 5.74) is 1.04. The van der Waals surface area contributed by atoms with Gasteiger partial charge in [0, 0.05) is 13.1 Å². The van der Waals surface area contributed by atoms with Gasteiger partial charge in [-0.3, -0.25) is 4.90 Å². The van der Waals surface area contributed by atoms with Gasteiger partial charge in [-0.25, -0.2) is 4.39 Å². The molecule has 0 aliphatic heterocycles. The van der Waals surface area contributed by atoms with Crippen LogP contribution in [0.25, 0.3) is 0 Å². The average molecular weight is 317 g/mol. The molecule has 0 saturated heterocycles. The van der Waals surface area contributed by atoms with Crippen molar-refractivity contribution in [3.63, 3.8) is 0 Å². The van der Waals surface area contributed by atoms with Gasteiger partial charge in [0.1, 0.15) is 24.3 Å². The van der Waals surface area contributed by atoms with E-state index in [2.05, 4.69) is 11.8 Å². The fourth-order valence-electron chi connectivity index (χ4n) is 2.46. The number of para-hydroxylation sites is 1. The van der Waals surface area contributed by atoms with Gasteiger partial charge >= 0.3 is 0 Å². The van der Waals surface area contributed by atoms with E-state index >= 15 is 0 Å². The summed E-state index contributed by atoms with van der Waals surface area (Å²) in [5, 5.41) is 10.2. The minimum Gasteiger partial charge on any atom is -0.491 e. The van der Waals surface area contributed by atoms with Gasteiger partial charge in [-0.2, -0.15) is 0 Å². The van der Waals surface area contributed by atoms with Crippen LogP contribution in [-0.4, -0.2) is 35.8 Å². The van der Waals surface area contributed by atoms with Crippen molar-refractivity contribution in [1.82, 2.24) is 4.90 Å². The Hall–Kier alpha value is -1.91. The molecule has 124 valence electrons. The number of benzene rings is 2. The number of ether oxygens (including phenoxy) is 1. The first-order chi connectivity index (χ1) is 11.2. The molecule has 1 atom stereocenters. The van der Waals surface area contributed by atoms with Crippen molar-refractivity contribution in [2.75, 3.05) is 19.7 Å². The predicted octanol–water partition coefficient (Wildman–Crippen LogP) is 3.48. The molecule has 4 heteroatoms.